The number of aromatic nitrogens is 3. The Labute approximate surface area is 128 Å². The van der Waals surface area contributed by atoms with Crippen LogP contribution in [0.3, 0.4) is 0 Å². The van der Waals surface area contributed by atoms with Gasteiger partial charge in [-0.3, -0.25) is 14.5 Å². The first kappa shape index (κ1) is 13.4. The molecule has 6 nitrogen and oxygen atoms in total. The monoisotopic (exact) mass is 298 g/mol. The molecule has 1 spiro atoms. The summed E-state index contributed by atoms with van der Waals surface area (Å²) in [6.45, 7) is 0.278. The van der Waals surface area contributed by atoms with E-state index in [1.54, 1.807) is 4.52 Å². The normalized spacial score (nSPS) is 21.2. The zero-order valence-corrected chi connectivity index (χ0v) is 12.4. The van der Waals surface area contributed by atoms with Crippen molar-refractivity contribution in [1.29, 1.82) is 0 Å². The van der Waals surface area contributed by atoms with Gasteiger partial charge >= 0.3 is 0 Å². The molecular formula is C16H18N4O2. The Bertz CT molecular complexity index is 745. The zero-order valence-electron chi connectivity index (χ0n) is 12.4. The summed E-state index contributed by atoms with van der Waals surface area (Å²) in [5.41, 5.74) is 1.11. The van der Waals surface area contributed by atoms with E-state index in [2.05, 4.69) is 10.1 Å². The largest absolute Gasteiger partial charge is 0.276 e. The van der Waals surface area contributed by atoms with E-state index in [0.717, 1.165) is 37.0 Å². The number of hydrogen-bond donors (Lipinski definition) is 0. The number of amides is 2. The molecule has 2 aliphatic rings. The van der Waals surface area contributed by atoms with E-state index in [1.807, 2.05) is 18.2 Å². The lowest BCUT2D eigenvalue weighted by molar-refractivity contribution is -0.143. The molecule has 114 valence electrons. The van der Waals surface area contributed by atoms with E-state index in [-0.39, 0.29) is 18.4 Å². The first-order valence-corrected chi connectivity index (χ1v) is 7.82. The number of imide groups is 1. The second-order valence-corrected chi connectivity index (χ2v) is 6.35. The molecule has 0 N–H and O–H groups in total. The molecule has 1 saturated carbocycles. The molecule has 0 bridgehead atoms. The summed E-state index contributed by atoms with van der Waals surface area (Å²) in [5, 5.41) is 4.17. The Hall–Kier alpha value is -2.24. The van der Waals surface area contributed by atoms with Gasteiger partial charge in [0.1, 0.15) is 6.33 Å². The van der Waals surface area contributed by atoms with E-state index in [9.17, 15) is 9.59 Å². The van der Waals surface area contributed by atoms with E-state index in [1.165, 1.54) is 17.6 Å². The maximum absolute atomic E-state index is 12.8. The third kappa shape index (κ3) is 1.94. The molecule has 6 heteroatoms. The molecule has 0 atom stereocenters. The third-order valence-electron chi connectivity index (χ3n) is 5.00. The fraction of sp³-hybridized carbons (Fsp3) is 0.500. The molecule has 2 fully saturated rings. The SMILES string of the molecule is O=C1CC2(CCCCC2)C(=O)N1Cc1cccc2ncnn12. The van der Waals surface area contributed by atoms with Gasteiger partial charge in [-0.15, -0.1) is 0 Å². The Morgan fingerprint density at radius 2 is 1.95 bits per heavy atom. The molecule has 2 aromatic rings. The number of carbonyl (C=O) groups is 2. The Morgan fingerprint density at radius 1 is 1.14 bits per heavy atom. The zero-order chi connectivity index (χ0) is 15.2. The average molecular weight is 298 g/mol. The number of nitrogens with zero attached hydrogens (tertiary/aromatic N) is 4. The van der Waals surface area contributed by atoms with Crippen LogP contribution in [-0.2, 0) is 16.1 Å². The van der Waals surface area contributed by atoms with E-state index >= 15 is 0 Å². The van der Waals surface area contributed by atoms with Crippen LogP contribution in [0.4, 0.5) is 0 Å². The fourth-order valence-electron chi connectivity index (χ4n) is 3.82. The molecule has 3 heterocycles. The predicted molar refractivity (Wildman–Crippen MR) is 78.7 cm³/mol. The lowest BCUT2D eigenvalue weighted by Crippen LogP contribution is -2.36. The molecule has 1 saturated heterocycles. The van der Waals surface area contributed by atoms with Gasteiger partial charge in [-0.25, -0.2) is 9.50 Å². The molecule has 2 amide bonds. The van der Waals surface area contributed by atoms with Crippen molar-refractivity contribution in [3.63, 3.8) is 0 Å². The first-order valence-electron chi connectivity index (χ1n) is 7.82. The highest BCUT2D eigenvalue weighted by molar-refractivity contribution is 6.05. The van der Waals surface area contributed by atoms with Crippen molar-refractivity contribution in [3.05, 3.63) is 30.2 Å². The van der Waals surface area contributed by atoms with Gasteiger partial charge in [0.25, 0.3) is 0 Å². The number of carbonyl (C=O) groups excluding carboxylic acids is 2. The topological polar surface area (TPSA) is 67.6 Å². The van der Waals surface area contributed by atoms with Crippen LogP contribution in [0.1, 0.15) is 44.2 Å². The molecule has 0 radical (unpaired) electrons. The van der Waals surface area contributed by atoms with E-state index in [4.69, 9.17) is 0 Å². The van der Waals surface area contributed by atoms with Crippen molar-refractivity contribution in [3.8, 4) is 0 Å². The Morgan fingerprint density at radius 3 is 2.77 bits per heavy atom. The minimum absolute atomic E-state index is 0.00863. The summed E-state index contributed by atoms with van der Waals surface area (Å²) >= 11 is 0. The number of fused-ring (bicyclic) bond motifs is 1. The van der Waals surface area contributed by atoms with Crippen molar-refractivity contribution in [2.24, 2.45) is 5.41 Å². The van der Waals surface area contributed by atoms with Crippen LogP contribution in [-0.4, -0.2) is 31.3 Å². The number of likely N-dealkylation sites (tertiary alicyclic amines) is 1. The molecule has 2 aromatic heterocycles. The maximum atomic E-state index is 12.8. The number of pyridine rings is 1. The number of rotatable bonds is 2. The molecule has 22 heavy (non-hydrogen) atoms. The second kappa shape index (κ2) is 4.90. The van der Waals surface area contributed by atoms with Gasteiger partial charge in [-0.05, 0) is 25.0 Å². The lowest BCUT2D eigenvalue weighted by atomic mass is 9.73. The van der Waals surface area contributed by atoms with Crippen LogP contribution in [0.2, 0.25) is 0 Å². The van der Waals surface area contributed by atoms with Crippen molar-refractivity contribution in [2.45, 2.75) is 45.1 Å². The minimum Gasteiger partial charge on any atom is -0.276 e. The average Bonchev–Trinajstić information content (AvgIpc) is 3.08. The highest BCUT2D eigenvalue weighted by atomic mass is 16.2. The van der Waals surface area contributed by atoms with Crippen LogP contribution in [0, 0.1) is 5.41 Å². The molecule has 0 unspecified atom stereocenters. The summed E-state index contributed by atoms with van der Waals surface area (Å²) in [6.07, 6.45) is 6.82. The highest BCUT2D eigenvalue weighted by Gasteiger charge is 2.51. The van der Waals surface area contributed by atoms with Gasteiger partial charge in [-0.1, -0.05) is 25.3 Å². The third-order valence-corrected chi connectivity index (χ3v) is 5.00. The Balaban J connectivity index is 1.64. The standard InChI is InChI=1S/C16H18N4O2/c21-14-9-16(7-2-1-3-8-16)15(22)19(14)10-12-5-4-6-13-17-11-18-20(12)13/h4-6,11H,1-3,7-10H2. The van der Waals surface area contributed by atoms with Gasteiger partial charge < -0.3 is 0 Å². The van der Waals surface area contributed by atoms with Gasteiger partial charge in [0.2, 0.25) is 11.8 Å². The maximum Gasteiger partial charge on any atom is 0.236 e. The van der Waals surface area contributed by atoms with Crippen LogP contribution >= 0.6 is 0 Å². The molecule has 1 aliphatic carbocycles. The first-order chi connectivity index (χ1) is 10.7. The van der Waals surface area contributed by atoms with Gasteiger partial charge in [-0.2, -0.15) is 5.10 Å². The van der Waals surface area contributed by atoms with Gasteiger partial charge in [0.15, 0.2) is 5.65 Å². The highest BCUT2D eigenvalue weighted by Crippen LogP contribution is 2.45. The second-order valence-electron chi connectivity index (χ2n) is 6.35. The van der Waals surface area contributed by atoms with Crippen molar-refractivity contribution in [2.75, 3.05) is 0 Å². The van der Waals surface area contributed by atoms with Crippen LogP contribution < -0.4 is 0 Å². The van der Waals surface area contributed by atoms with Crippen LogP contribution in [0.5, 0.6) is 0 Å². The molecule has 1 aliphatic heterocycles. The molecule has 4 rings (SSSR count). The molecular weight excluding hydrogens is 280 g/mol. The van der Waals surface area contributed by atoms with Gasteiger partial charge in [0.05, 0.1) is 17.7 Å². The fourth-order valence-corrected chi connectivity index (χ4v) is 3.82. The van der Waals surface area contributed by atoms with Crippen molar-refractivity contribution >= 4 is 17.5 Å². The minimum atomic E-state index is -0.425. The van der Waals surface area contributed by atoms with Gasteiger partial charge in [0, 0.05) is 6.42 Å². The summed E-state index contributed by atoms with van der Waals surface area (Å²) < 4.78 is 1.69. The smallest absolute Gasteiger partial charge is 0.236 e. The van der Waals surface area contributed by atoms with E-state index < -0.39 is 5.41 Å². The van der Waals surface area contributed by atoms with Crippen molar-refractivity contribution in [1.82, 2.24) is 19.5 Å². The number of hydrogen-bond acceptors (Lipinski definition) is 4. The summed E-state index contributed by atoms with van der Waals surface area (Å²) in [5.74, 6) is -0.0432. The molecule has 0 aromatic carbocycles. The lowest BCUT2D eigenvalue weighted by Gasteiger charge is -2.30. The Kier molecular flexibility index (Phi) is 2.99. The summed E-state index contributed by atoms with van der Waals surface area (Å²) in [6, 6.07) is 5.61. The summed E-state index contributed by atoms with van der Waals surface area (Å²) in [7, 11) is 0. The van der Waals surface area contributed by atoms with E-state index in [0.29, 0.717) is 6.42 Å². The quantitative estimate of drug-likeness (QED) is 0.795. The van der Waals surface area contributed by atoms with Crippen molar-refractivity contribution < 1.29 is 9.59 Å². The van der Waals surface area contributed by atoms with Crippen LogP contribution in [0.15, 0.2) is 24.5 Å². The van der Waals surface area contributed by atoms with Crippen LogP contribution in [0.25, 0.3) is 5.65 Å². The predicted octanol–water partition coefficient (Wildman–Crippen LogP) is 1.94. The summed E-state index contributed by atoms with van der Waals surface area (Å²) in [4.78, 5) is 30.8.